The summed E-state index contributed by atoms with van der Waals surface area (Å²) in [4.78, 5) is 16.6. The van der Waals surface area contributed by atoms with Crippen molar-refractivity contribution in [1.29, 1.82) is 0 Å². The molecule has 0 aromatic carbocycles. The van der Waals surface area contributed by atoms with Crippen LogP contribution in [0.1, 0.15) is 90.9 Å². The molecule has 0 aliphatic carbocycles. The zero-order chi connectivity index (χ0) is 20.3. The number of carbonyl (C=O) groups is 1. The zero-order valence-corrected chi connectivity index (χ0v) is 19.2. The Kier molecular flexibility index (Phi) is 18.3. The Morgan fingerprint density at radius 3 is 2.15 bits per heavy atom. The molecule has 0 saturated heterocycles. The lowest BCUT2D eigenvalue weighted by atomic mass is 9.97. The van der Waals surface area contributed by atoms with Gasteiger partial charge in [0.05, 0.1) is 0 Å². The van der Waals surface area contributed by atoms with Crippen LogP contribution in [0.2, 0.25) is 0 Å². The van der Waals surface area contributed by atoms with Crippen LogP contribution in [0.25, 0.3) is 0 Å². The molecule has 0 radical (unpaired) electrons. The minimum Gasteiger partial charge on any atom is -0.356 e. The molecule has 1 N–H and O–H groups in total. The second kappa shape index (κ2) is 18.7. The van der Waals surface area contributed by atoms with E-state index in [0.29, 0.717) is 12.3 Å². The zero-order valence-electron chi connectivity index (χ0n) is 19.2. The van der Waals surface area contributed by atoms with Crippen molar-refractivity contribution in [2.45, 2.75) is 90.9 Å². The van der Waals surface area contributed by atoms with Crippen molar-refractivity contribution in [3.8, 4) is 0 Å². The van der Waals surface area contributed by atoms with E-state index >= 15 is 0 Å². The van der Waals surface area contributed by atoms with Crippen LogP contribution < -0.4 is 5.32 Å². The van der Waals surface area contributed by atoms with Gasteiger partial charge < -0.3 is 15.1 Å². The summed E-state index contributed by atoms with van der Waals surface area (Å²) in [6, 6.07) is 0. The molecule has 0 fully saturated rings. The van der Waals surface area contributed by atoms with Crippen molar-refractivity contribution in [2.24, 2.45) is 5.92 Å². The summed E-state index contributed by atoms with van der Waals surface area (Å²) in [6.07, 6.45) is 14.7. The third-order valence-corrected chi connectivity index (χ3v) is 5.35. The van der Waals surface area contributed by atoms with Crippen LogP contribution in [0.15, 0.2) is 0 Å². The fourth-order valence-electron chi connectivity index (χ4n) is 3.38. The molecular formula is C23H49N3O. The molecule has 0 aromatic heterocycles. The predicted octanol–water partition coefficient (Wildman–Crippen LogP) is 4.93. The maximum absolute atomic E-state index is 12.0. The second-order valence-corrected chi connectivity index (χ2v) is 8.72. The van der Waals surface area contributed by atoms with Crippen LogP contribution in [0.3, 0.4) is 0 Å². The van der Waals surface area contributed by atoms with Gasteiger partial charge in [0.15, 0.2) is 0 Å². The smallest absolute Gasteiger partial charge is 0.220 e. The number of unbranched alkanes of at least 4 members (excludes halogenated alkanes) is 6. The van der Waals surface area contributed by atoms with E-state index in [0.717, 1.165) is 32.5 Å². The third kappa shape index (κ3) is 19.9. The fourth-order valence-corrected chi connectivity index (χ4v) is 3.38. The summed E-state index contributed by atoms with van der Waals surface area (Å²) in [7, 11) is 6.44. The maximum Gasteiger partial charge on any atom is 0.220 e. The normalized spacial score (nSPS) is 12.7. The highest BCUT2D eigenvalue weighted by Gasteiger charge is 2.07. The monoisotopic (exact) mass is 383 g/mol. The van der Waals surface area contributed by atoms with Crippen LogP contribution in [0.5, 0.6) is 0 Å². The Balaban J connectivity index is 3.47. The molecule has 0 aliphatic rings. The molecule has 162 valence electrons. The lowest BCUT2D eigenvalue weighted by Crippen LogP contribution is -2.29. The first kappa shape index (κ1) is 26.4. The minimum absolute atomic E-state index is 0.235. The Morgan fingerprint density at radius 1 is 0.815 bits per heavy atom. The Bertz CT molecular complexity index is 334. The topological polar surface area (TPSA) is 35.6 Å². The average molecular weight is 384 g/mol. The van der Waals surface area contributed by atoms with Crippen molar-refractivity contribution < 1.29 is 4.79 Å². The highest BCUT2D eigenvalue weighted by Crippen LogP contribution is 2.16. The Labute approximate surface area is 170 Å². The summed E-state index contributed by atoms with van der Waals surface area (Å²) in [5.41, 5.74) is 0. The molecule has 27 heavy (non-hydrogen) atoms. The van der Waals surface area contributed by atoms with Crippen LogP contribution in [-0.2, 0) is 4.79 Å². The first-order chi connectivity index (χ1) is 13.0. The van der Waals surface area contributed by atoms with Crippen LogP contribution >= 0.6 is 0 Å². The largest absolute Gasteiger partial charge is 0.356 e. The predicted molar refractivity (Wildman–Crippen MR) is 119 cm³/mol. The quantitative estimate of drug-likeness (QED) is 0.321. The van der Waals surface area contributed by atoms with Gasteiger partial charge in [-0.15, -0.1) is 0 Å². The van der Waals surface area contributed by atoms with E-state index in [2.05, 4.69) is 50.1 Å². The van der Waals surface area contributed by atoms with E-state index in [-0.39, 0.29) is 5.91 Å². The molecule has 0 aliphatic heterocycles. The number of carbonyl (C=O) groups excluding carboxylic acids is 1. The van der Waals surface area contributed by atoms with Crippen LogP contribution in [0.4, 0.5) is 0 Å². The van der Waals surface area contributed by atoms with Crippen molar-refractivity contribution in [1.82, 2.24) is 15.1 Å². The first-order valence-electron chi connectivity index (χ1n) is 11.6. The van der Waals surface area contributed by atoms with Gasteiger partial charge >= 0.3 is 0 Å². The summed E-state index contributed by atoms with van der Waals surface area (Å²) >= 11 is 0. The van der Waals surface area contributed by atoms with Gasteiger partial charge in [-0.2, -0.15) is 0 Å². The molecule has 0 heterocycles. The van der Waals surface area contributed by atoms with E-state index in [1.807, 2.05) is 0 Å². The summed E-state index contributed by atoms with van der Waals surface area (Å²) in [6.45, 7) is 8.76. The van der Waals surface area contributed by atoms with Gasteiger partial charge in [-0.1, -0.05) is 58.8 Å². The molecule has 0 bridgehead atoms. The summed E-state index contributed by atoms with van der Waals surface area (Å²) < 4.78 is 0. The van der Waals surface area contributed by atoms with Crippen molar-refractivity contribution in [3.05, 3.63) is 0 Å². The standard InChI is InChI=1S/C23H49N3O/c1-6-7-8-9-10-11-15-22(2)16-17-23(27)24-18-14-21-26(5)20-13-12-19-25(3)4/h22H,6-21H2,1-5H3,(H,24,27). The van der Waals surface area contributed by atoms with Gasteiger partial charge in [-0.05, 0) is 72.4 Å². The van der Waals surface area contributed by atoms with Gasteiger partial charge in [0.2, 0.25) is 5.91 Å². The molecule has 1 amide bonds. The molecule has 4 heteroatoms. The second-order valence-electron chi connectivity index (χ2n) is 8.72. The van der Waals surface area contributed by atoms with Crippen molar-refractivity contribution >= 4 is 5.91 Å². The van der Waals surface area contributed by atoms with E-state index in [4.69, 9.17) is 0 Å². The van der Waals surface area contributed by atoms with Gasteiger partial charge in [0, 0.05) is 13.0 Å². The maximum atomic E-state index is 12.0. The average Bonchev–Trinajstić information content (AvgIpc) is 2.63. The Hall–Kier alpha value is -0.610. The summed E-state index contributed by atoms with van der Waals surface area (Å²) in [5.74, 6) is 0.911. The van der Waals surface area contributed by atoms with E-state index < -0.39 is 0 Å². The minimum atomic E-state index is 0.235. The number of rotatable bonds is 19. The van der Waals surface area contributed by atoms with Crippen LogP contribution in [-0.4, -0.2) is 63.0 Å². The van der Waals surface area contributed by atoms with Gasteiger partial charge in [0.1, 0.15) is 0 Å². The molecule has 0 aromatic rings. The number of hydrogen-bond donors (Lipinski definition) is 1. The highest BCUT2D eigenvalue weighted by molar-refractivity contribution is 5.75. The Morgan fingerprint density at radius 2 is 1.44 bits per heavy atom. The molecular weight excluding hydrogens is 334 g/mol. The number of hydrogen-bond acceptors (Lipinski definition) is 3. The molecule has 0 rings (SSSR count). The first-order valence-corrected chi connectivity index (χ1v) is 11.6. The van der Waals surface area contributed by atoms with E-state index in [1.54, 1.807) is 0 Å². The lowest BCUT2D eigenvalue weighted by Gasteiger charge is -2.17. The highest BCUT2D eigenvalue weighted by atomic mass is 16.1. The van der Waals surface area contributed by atoms with Crippen molar-refractivity contribution in [2.75, 3.05) is 47.3 Å². The molecule has 0 saturated carbocycles. The van der Waals surface area contributed by atoms with Crippen molar-refractivity contribution in [3.63, 3.8) is 0 Å². The number of amides is 1. The SMILES string of the molecule is CCCCCCCCC(C)CCC(=O)NCCCN(C)CCCCN(C)C. The van der Waals surface area contributed by atoms with Gasteiger partial charge in [-0.25, -0.2) is 0 Å². The van der Waals surface area contributed by atoms with Gasteiger partial charge in [0.25, 0.3) is 0 Å². The van der Waals surface area contributed by atoms with E-state index in [9.17, 15) is 4.79 Å². The fraction of sp³-hybridized carbons (Fsp3) is 0.957. The molecule has 4 nitrogen and oxygen atoms in total. The summed E-state index contributed by atoms with van der Waals surface area (Å²) in [5, 5.41) is 3.09. The third-order valence-electron chi connectivity index (χ3n) is 5.35. The molecule has 1 unspecified atom stereocenters. The lowest BCUT2D eigenvalue weighted by molar-refractivity contribution is -0.121. The molecule has 1 atom stereocenters. The van der Waals surface area contributed by atoms with E-state index in [1.165, 1.54) is 64.3 Å². The van der Waals surface area contributed by atoms with Gasteiger partial charge in [-0.3, -0.25) is 4.79 Å². The number of nitrogens with zero attached hydrogens (tertiary/aromatic N) is 2. The molecule has 0 spiro atoms. The number of nitrogens with one attached hydrogen (secondary N) is 1. The van der Waals surface area contributed by atoms with Crippen LogP contribution in [0, 0.1) is 5.92 Å².